The molecule has 11 heteroatoms. The van der Waals surface area contributed by atoms with Crippen LogP contribution in [0.5, 0.6) is 0 Å². The molecule has 1 aliphatic heterocycles. The zero-order chi connectivity index (χ0) is 22.1. The molecule has 0 saturated heterocycles. The number of nitrogens with two attached hydrogens (primary N) is 1. The molecule has 0 bridgehead atoms. The van der Waals surface area contributed by atoms with Gasteiger partial charge in [-0.05, 0) is 42.5 Å². The number of primary amides is 1. The highest BCUT2D eigenvalue weighted by Gasteiger charge is 2.35. The first kappa shape index (κ1) is 21.2. The number of hydrogen-bond acceptors (Lipinski definition) is 6. The lowest BCUT2D eigenvalue weighted by atomic mass is 10.1. The van der Waals surface area contributed by atoms with Crippen LogP contribution in [0.25, 0.3) is 11.3 Å². The monoisotopic (exact) mass is 477 g/mol. The minimum absolute atomic E-state index is 0.0137. The molecule has 2 amide bonds. The maximum absolute atomic E-state index is 13.2. The normalized spacial score (nSPS) is 15.6. The Bertz CT molecular complexity index is 1200. The second kappa shape index (κ2) is 8.62. The van der Waals surface area contributed by atoms with Crippen LogP contribution in [-0.2, 0) is 9.59 Å². The van der Waals surface area contributed by atoms with Gasteiger partial charge >= 0.3 is 0 Å². The Labute approximate surface area is 190 Å². The number of amides is 2. The summed E-state index contributed by atoms with van der Waals surface area (Å²) >= 11 is 13.3. The lowest BCUT2D eigenvalue weighted by Crippen LogP contribution is -2.39. The number of hydrogen-bond donors (Lipinski definition) is 2. The highest BCUT2D eigenvalue weighted by molar-refractivity contribution is 7.14. The Morgan fingerprint density at radius 2 is 1.94 bits per heavy atom. The van der Waals surface area contributed by atoms with Crippen molar-refractivity contribution in [2.24, 2.45) is 10.8 Å². The van der Waals surface area contributed by atoms with Crippen LogP contribution in [0, 0.1) is 5.82 Å². The number of anilines is 2. The molecule has 0 aliphatic carbocycles. The van der Waals surface area contributed by atoms with Crippen LogP contribution in [0.2, 0.25) is 10.0 Å². The summed E-state index contributed by atoms with van der Waals surface area (Å²) in [5.41, 5.74) is 7.28. The highest BCUT2D eigenvalue weighted by Crippen LogP contribution is 2.32. The number of hydrazone groups is 1. The van der Waals surface area contributed by atoms with Crippen molar-refractivity contribution in [3.63, 3.8) is 0 Å². The van der Waals surface area contributed by atoms with Gasteiger partial charge in [0.1, 0.15) is 17.6 Å². The van der Waals surface area contributed by atoms with Gasteiger partial charge in [-0.2, -0.15) is 5.10 Å². The maximum atomic E-state index is 13.2. The van der Waals surface area contributed by atoms with Crippen molar-refractivity contribution in [3.05, 3.63) is 63.7 Å². The average Bonchev–Trinajstić information content (AvgIpc) is 3.36. The van der Waals surface area contributed by atoms with Crippen LogP contribution < -0.4 is 16.1 Å². The van der Waals surface area contributed by atoms with Crippen LogP contribution in [0.15, 0.2) is 52.9 Å². The van der Waals surface area contributed by atoms with Gasteiger partial charge in [0.25, 0.3) is 5.91 Å². The van der Waals surface area contributed by atoms with Crippen LogP contribution in [0.3, 0.4) is 0 Å². The van der Waals surface area contributed by atoms with Crippen molar-refractivity contribution in [3.8, 4) is 11.3 Å². The SMILES string of the molecule is NC(=O)C1CC(C(=O)Nc2nc(-c3ccc(Cl)cc3Cl)cs2)=NN1c1ccc(F)cc1. The lowest BCUT2D eigenvalue weighted by Gasteiger charge is -2.20. The molecule has 0 spiro atoms. The molecule has 1 unspecified atom stereocenters. The van der Waals surface area contributed by atoms with Gasteiger partial charge in [-0.25, -0.2) is 9.37 Å². The van der Waals surface area contributed by atoms with E-state index in [4.69, 9.17) is 28.9 Å². The van der Waals surface area contributed by atoms with Gasteiger partial charge < -0.3 is 5.73 Å². The number of aromatic nitrogens is 1. The smallest absolute Gasteiger partial charge is 0.273 e. The standard InChI is InChI=1S/C20H14Cl2FN5O2S/c21-10-1-6-13(14(22)7-10)16-9-31-20(25-16)26-19(30)15-8-17(18(24)29)28(27-15)12-4-2-11(23)3-5-12/h1-7,9,17H,8H2,(H2,24,29)(H,25,26,30). The fourth-order valence-electron chi connectivity index (χ4n) is 3.02. The van der Waals surface area contributed by atoms with Crippen molar-refractivity contribution in [1.82, 2.24) is 4.98 Å². The number of benzene rings is 2. The fraction of sp³-hybridized carbons (Fsp3) is 0.100. The fourth-order valence-corrected chi connectivity index (χ4v) is 4.23. The van der Waals surface area contributed by atoms with Gasteiger partial charge in [0.05, 0.1) is 16.4 Å². The third-order valence-electron chi connectivity index (χ3n) is 4.52. The third-order valence-corrected chi connectivity index (χ3v) is 5.83. The van der Waals surface area contributed by atoms with E-state index in [2.05, 4.69) is 15.4 Å². The van der Waals surface area contributed by atoms with Gasteiger partial charge in [-0.3, -0.25) is 19.9 Å². The minimum Gasteiger partial charge on any atom is -0.368 e. The summed E-state index contributed by atoms with van der Waals surface area (Å²) in [6, 6.07) is 9.58. The number of carbonyl (C=O) groups excluding carboxylic acids is 2. The molecule has 1 aliphatic rings. The molecule has 0 fully saturated rings. The van der Waals surface area contributed by atoms with E-state index in [0.717, 1.165) is 0 Å². The van der Waals surface area contributed by atoms with E-state index in [-0.39, 0.29) is 12.1 Å². The summed E-state index contributed by atoms with van der Waals surface area (Å²) in [6.07, 6.45) is 0.0137. The van der Waals surface area contributed by atoms with Crippen molar-refractivity contribution in [2.45, 2.75) is 12.5 Å². The molecule has 3 N–H and O–H groups in total. The second-order valence-corrected chi connectivity index (χ2v) is 8.31. The van der Waals surface area contributed by atoms with Gasteiger partial charge in [-0.15, -0.1) is 11.3 Å². The molecular weight excluding hydrogens is 464 g/mol. The van der Waals surface area contributed by atoms with Gasteiger partial charge in [0, 0.05) is 22.4 Å². The van der Waals surface area contributed by atoms with E-state index in [9.17, 15) is 14.0 Å². The zero-order valence-corrected chi connectivity index (χ0v) is 18.0. The molecule has 1 atom stereocenters. The summed E-state index contributed by atoms with van der Waals surface area (Å²) in [4.78, 5) is 29.0. The Morgan fingerprint density at radius 3 is 2.61 bits per heavy atom. The molecule has 7 nitrogen and oxygen atoms in total. The Balaban J connectivity index is 1.53. The van der Waals surface area contributed by atoms with Gasteiger partial charge in [-0.1, -0.05) is 23.2 Å². The first-order valence-electron chi connectivity index (χ1n) is 8.95. The van der Waals surface area contributed by atoms with Crippen molar-refractivity contribution in [1.29, 1.82) is 0 Å². The molecule has 0 saturated carbocycles. The second-order valence-electron chi connectivity index (χ2n) is 6.61. The molecule has 31 heavy (non-hydrogen) atoms. The van der Waals surface area contributed by atoms with E-state index in [1.165, 1.54) is 40.6 Å². The molecule has 158 valence electrons. The molecule has 1 aromatic heterocycles. The van der Waals surface area contributed by atoms with Crippen molar-refractivity contribution in [2.75, 3.05) is 10.3 Å². The van der Waals surface area contributed by atoms with E-state index in [1.807, 2.05) is 0 Å². The lowest BCUT2D eigenvalue weighted by molar-refractivity contribution is -0.119. The van der Waals surface area contributed by atoms with Gasteiger partial charge in [0.2, 0.25) is 5.91 Å². The summed E-state index contributed by atoms with van der Waals surface area (Å²) in [6.45, 7) is 0. The highest BCUT2D eigenvalue weighted by atomic mass is 35.5. The first-order valence-corrected chi connectivity index (χ1v) is 10.6. The van der Waals surface area contributed by atoms with Crippen molar-refractivity contribution >= 4 is 62.9 Å². The summed E-state index contributed by atoms with van der Waals surface area (Å²) in [5.74, 6) is -1.59. The molecule has 3 aromatic rings. The molecular formula is C20H14Cl2FN5O2S. The number of nitrogens with zero attached hydrogens (tertiary/aromatic N) is 3. The Hall–Kier alpha value is -3.01. The molecule has 4 rings (SSSR count). The van der Waals surface area contributed by atoms with Crippen LogP contribution >= 0.6 is 34.5 Å². The van der Waals surface area contributed by atoms with E-state index in [0.29, 0.717) is 32.1 Å². The Kier molecular flexibility index (Phi) is 5.90. The topological polar surface area (TPSA) is 101 Å². The summed E-state index contributed by atoms with van der Waals surface area (Å²) < 4.78 is 13.2. The van der Waals surface area contributed by atoms with Crippen molar-refractivity contribution < 1.29 is 14.0 Å². The molecule has 0 radical (unpaired) electrons. The number of rotatable bonds is 5. The first-order chi connectivity index (χ1) is 14.8. The summed E-state index contributed by atoms with van der Waals surface area (Å²) in [7, 11) is 0. The summed E-state index contributed by atoms with van der Waals surface area (Å²) in [5, 5.41) is 11.3. The predicted octanol–water partition coefficient (Wildman–Crippen LogP) is 4.31. The number of carbonyl (C=O) groups is 2. The molecule has 2 aromatic carbocycles. The van der Waals surface area contributed by atoms with E-state index in [1.54, 1.807) is 23.6 Å². The number of halogens is 3. The van der Waals surface area contributed by atoms with E-state index < -0.39 is 23.7 Å². The van der Waals surface area contributed by atoms with Crippen LogP contribution in [0.1, 0.15) is 6.42 Å². The quantitative estimate of drug-likeness (QED) is 0.571. The molecule has 2 heterocycles. The van der Waals surface area contributed by atoms with E-state index >= 15 is 0 Å². The largest absolute Gasteiger partial charge is 0.368 e. The predicted molar refractivity (Wildman–Crippen MR) is 120 cm³/mol. The van der Waals surface area contributed by atoms with Gasteiger partial charge in [0.15, 0.2) is 5.13 Å². The number of nitrogens with one attached hydrogen (secondary N) is 1. The Morgan fingerprint density at radius 1 is 1.19 bits per heavy atom. The zero-order valence-electron chi connectivity index (χ0n) is 15.7. The van der Waals surface area contributed by atoms with Crippen LogP contribution in [-0.4, -0.2) is 28.6 Å². The number of thiazole rings is 1. The van der Waals surface area contributed by atoms with Crippen LogP contribution in [0.4, 0.5) is 15.2 Å². The third kappa shape index (κ3) is 4.53. The maximum Gasteiger partial charge on any atom is 0.273 e. The minimum atomic E-state index is -0.856. The average molecular weight is 478 g/mol.